The van der Waals surface area contributed by atoms with Gasteiger partial charge in [-0.1, -0.05) is 18.0 Å². The van der Waals surface area contributed by atoms with E-state index >= 15 is 0 Å². The van der Waals surface area contributed by atoms with Crippen LogP contribution in [0.25, 0.3) is 11.1 Å². The van der Waals surface area contributed by atoms with Crippen molar-refractivity contribution in [3.05, 3.63) is 28.9 Å². The van der Waals surface area contributed by atoms with E-state index in [2.05, 4.69) is 4.98 Å². The second kappa shape index (κ2) is 3.68. The SMILES string of the molecule is NCC1(c2nc3cc(F)cc(Cl)c3o2)CCC1. The zero-order valence-corrected chi connectivity index (χ0v) is 9.93. The fraction of sp³-hybridized carbons (Fsp3) is 0.417. The largest absolute Gasteiger partial charge is 0.438 e. The summed E-state index contributed by atoms with van der Waals surface area (Å²) in [7, 11) is 0. The molecule has 0 spiro atoms. The van der Waals surface area contributed by atoms with Crippen molar-refractivity contribution < 1.29 is 8.81 Å². The van der Waals surface area contributed by atoms with Crippen molar-refractivity contribution in [1.29, 1.82) is 0 Å². The lowest BCUT2D eigenvalue weighted by Crippen LogP contribution is -2.41. The van der Waals surface area contributed by atoms with Gasteiger partial charge in [0.05, 0.1) is 10.4 Å². The Morgan fingerprint density at radius 1 is 1.47 bits per heavy atom. The summed E-state index contributed by atoms with van der Waals surface area (Å²) >= 11 is 5.93. The van der Waals surface area contributed by atoms with Gasteiger partial charge in [-0.3, -0.25) is 0 Å². The molecule has 1 aliphatic rings. The molecule has 1 aromatic carbocycles. The van der Waals surface area contributed by atoms with Crippen LogP contribution in [0.4, 0.5) is 4.39 Å². The van der Waals surface area contributed by atoms with Crippen LogP contribution in [0.3, 0.4) is 0 Å². The number of nitrogens with two attached hydrogens (primary N) is 1. The van der Waals surface area contributed by atoms with Crippen LogP contribution in [0.1, 0.15) is 25.2 Å². The number of hydrogen-bond donors (Lipinski definition) is 1. The van der Waals surface area contributed by atoms with Crippen molar-refractivity contribution in [2.75, 3.05) is 6.54 Å². The van der Waals surface area contributed by atoms with Crippen LogP contribution in [0.5, 0.6) is 0 Å². The monoisotopic (exact) mass is 254 g/mol. The molecule has 0 bridgehead atoms. The molecule has 1 aliphatic carbocycles. The summed E-state index contributed by atoms with van der Waals surface area (Å²) < 4.78 is 18.9. The summed E-state index contributed by atoms with van der Waals surface area (Å²) in [4.78, 5) is 4.33. The molecule has 0 atom stereocenters. The smallest absolute Gasteiger partial charge is 0.203 e. The molecule has 3 rings (SSSR count). The minimum Gasteiger partial charge on any atom is -0.438 e. The number of aromatic nitrogens is 1. The Morgan fingerprint density at radius 2 is 2.24 bits per heavy atom. The van der Waals surface area contributed by atoms with E-state index in [1.165, 1.54) is 12.1 Å². The first-order chi connectivity index (χ1) is 8.14. The maximum absolute atomic E-state index is 13.2. The first-order valence-corrected chi connectivity index (χ1v) is 5.98. The molecule has 1 aromatic heterocycles. The zero-order chi connectivity index (χ0) is 12.0. The molecule has 0 unspecified atom stereocenters. The Morgan fingerprint density at radius 3 is 2.82 bits per heavy atom. The molecule has 0 amide bonds. The Labute approximate surface area is 103 Å². The number of rotatable bonds is 2. The van der Waals surface area contributed by atoms with Gasteiger partial charge in [0.25, 0.3) is 0 Å². The van der Waals surface area contributed by atoms with E-state index in [4.69, 9.17) is 21.8 Å². The van der Waals surface area contributed by atoms with Gasteiger partial charge in [0, 0.05) is 12.6 Å². The summed E-state index contributed by atoms with van der Waals surface area (Å²) in [5.41, 5.74) is 6.53. The molecule has 0 saturated heterocycles. The van der Waals surface area contributed by atoms with E-state index in [9.17, 15) is 4.39 Å². The van der Waals surface area contributed by atoms with Gasteiger partial charge in [0.15, 0.2) is 5.58 Å². The second-order valence-electron chi connectivity index (χ2n) is 4.59. The van der Waals surface area contributed by atoms with Gasteiger partial charge in [-0.25, -0.2) is 9.37 Å². The highest BCUT2D eigenvalue weighted by atomic mass is 35.5. The normalized spacial score (nSPS) is 18.3. The topological polar surface area (TPSA) is 52.0 Å². The van der Waals surface area contributed by atoms with Crippen LogP contribution in [0, 0.1) is 5.82 Å². The minimum absolute atomic E-state index is 0.168. The lowest BCUT2D eigenvalue weighted by molar-refractivity contribution is 0.203. The highest BCUT2D eigenvalue weighted by Gasteiger charge is 2.42. The second-order valence-corrected chi connectivity index (χ2v) is 5.00. The van der Waals surface area contributed by atoms with Crippen LogP contribution in [0.15, 0.2) is 16.5 Å². The number of oxazole rings is 1. The third-order valence-corrected chi connectivity index (χ3v) is 3.85. The van der Waals surface area contributed by atoms with E-state index in [1.54, 1.807) is 0 Å². The highest BCUT2D eigenvalue weighted by molar-refractivity contribution is 6.34. The Kier molecular flexibility index (Phi) is 2.38. The van der Waals surface area contributed by atoms with Crippen molar-refractivity contribution in [3.63, 3.8) is 0 Å². The molecule has 5 heteroatoms. The summed E-state index contributed by atoms with van der Waals surface area (Å²) in [5, 5.41) is 0.255. The van der Waals surface area contributed by atoms with Crippen molar-refractivity contribution in [2.45, 2.75) is 24.7 Å². The number of nitrogens with zero attached hydrogens (tertiary/aromatic N) is 1. The van der Waals surface area contributed by atoms with E-state index in [1.807, 2.05) is 0 Å². The summed E-state index contributed by atoms with van der Waals surface area (Å²) in [6, 6.07) is 2.56. The van der Waals surface area contributed by atoms with Crippen LogP contribution in [-0.2, 0) is 5.41 Å². The van der Waals surface area contributed by atoms with Gasteiger partial charge in [-0.15, -0.1) is 0 Å². The van der Waals surface area contributed by atoms with E-state index in [-0.39, 0.29) is 10.4 Å². The van der Waals surface area contributed by atoms with E-state index in [0.717, 1.165) is 19.3 Å². The molecule has 17 heavy (non-hydrogen) atoms. The highest BCUT2D eigenvalue weighted by Crippen LogP contribution is 2.43. The third-order valence-electron chi connectivity index (χ3n) is 3.56. The number of fused-ring (bicyclic) bond motifs is 1. The number of halogens is 2. The van der Waals surface area contributed by atoms with Crippen LogP contribution in [0.2, 0.25) is 5.02 Å². The van der Waals surface area contributed by atoms with Crippen molar-refractivity contribution >= 4 is 22.7 Å². The molecule has 0 radical (unpaired) electrons. The van der Waals surface area contributed by atoms with Gasteiger partial charge in [0.2, 0.25) is 5.89 Å². The standard InChI is InChI=1S/C12H12ClFN2O/c13-8-4-7(14)5-9-10(8)17-11(16-9)12(6-15)2-1-3-12/h4-5H,1-3,6,15H2. The van der Waals surface area contributed by atoms with Gasteiger partial charge >= 0.3 is 0 Å². The number of hydrogen-bond acceptors (Lipinski definition) is 3. The van der Waals surface area contributed by atoms with Gasteiger partial charge in [0.1, 0.15) is 11.3 Å². The first kappa shape index (κ1) is 11.0. The summed E-state index contributed by atoms with van der Waals surface area (Å²) in [6.45, 7) is 0.500. The van der Waals surface area contributed by atoms with Crippen LogP contribution < -0.4 is 5.73 Å². The average Bonchev–Trinajstić information content (AvgIpc) is 2.61. The van der Waals surface area contributed by atoms with Gasteiger partial charge < -0.3 is 10.2 Å². The molecule has 0 aliphatic heterocycles. The van der Waals surface area contributed by atoms with Crippen molar-refractivity contribution in [3.8, 4) is 0 Å². The maximum Gasteiger partial charge on any atom is 0.203 e. The van der Waals surface area contributed by atoms with E-state index in [0.29, 0.717) is 23.5 Å². The quantitative estimate of drug-likeness (QED) is 0.896. The summed E-state index contributed by atoms with van der Waals surface area (Å²) in [6.07, 6.45) is 3.06. The fourth-order valence-corrected chi connectivity index (χ4v) is 2.54. The molecule has 1 fully saturated rings. The molecule has 2 aromatic rings. The average molecular weight is 255 g/mol. The Balaban J connectivity index is 2.16. The van der Waals surface area contributed by atoms with Gasteiger partial charge in [-0.05, 0) is 18.9 Å². The van der Waals surface area contributed by atoms with Crippen LogP contribution >= 0.6 is 11.6 Å². The molecule has 2 N–H and O–H groups in total. The fourth-order valence-electron chi connectivity index (χ4n) is 2.30. The maximum atomic E-state index is 13.2. The first-order valence-electron chi connectivity index (χ1n) is 5.61. The molecule has 1 saturated carbocycles. The van der Waals surface area contributed by atoms with Crippen molar-refractivity contribution in [1.82, 2.24) is 4.98 Å². The summed E-state index contributed by atoms with van der Waals surface area (Å²) in [5.74, 6) is 0.187. The molecule has 1 heterocycles. The molecule has 3 nitrogen and oxygen atoms in total. The van der Waals surface area contributed by atoms with Crippen molar-refractivity contribution in [2.24, 2.45) is 5.73 Å². The molecule has 90 valence electrons. The minimum atomic E-state index is -0.405. The third kappa shape index (κ3) is 1.55. The Bertz CT molecular complexity index is 572. The zero-order valence-electron chi connectivity index (χ0n) is 9.17. The molecular formula is C12H12ClFN2O. The predicted octanol–water partition coefficient (Wildman–Crippen LogP) is 3.00. The van der Waals surface area contributed by atoms with E-state index < -0.39 is 5.82 Å². The Hall–Kier alpha value is -1.13. The lowest BCUT2D eigenvalue weighted by atomic mass is 9.69. The van der Waals surface area contributed by atoms with Gasteiger partial charge in [-0.2, -0.15) is 0 Å². The molecular weight excluding hydrogens is 243 g/mol. The predicted molar refractivity (Wildman–Crippen MR) is 63.6 cm³/mol. The van der Waals surface area contributed by atoms with Crippen LogP contribution in [-0.4, -0.2) is 11.5 Å². The number of benzene rings is 1. The lowest BCUT2D eigenvalue weighted by Gasteiger charge is -2.37.